The fraction of sp³-hybridized carbons (Fsp3) is 0.750. The third-order valence-electron chi connectivity index (χ3n) is 2.30. The second kappa shape index (κ2) is 7.28. The van der Waals surface area contributed by atoms with Gasteiger partial charge in [-0.1, -0.05) is 13.3 Å². The van der Waals surface area contributed by atoms with Crippen molar-refractivity contribution in [2.45, 2.75) is 46.3 Å². The predicted molar refractivity (Wildman–Crippen MR) is 66.7 cm³/mol. The largest absolute Gasteiger partial charge is 0.377 e. The Bertz CT molecular complexity index is 284. The van der Waals surface area contributed by atoms with Crippen LogP contribution in [0.15, 0.2) is 12.4 Å². The van der Waals surface area contributed by atoms with Crippen LogP contribution < -0.4 is 5.32 Å². The van der Waals surface area contributed by atoms with Crippen molar-refractivity contribution in [3.63, 3.8) is 0 Å². The Kier molecular flexibility index (Phi) is 5.93. The Morgan fingerprint density at radius 2 is 2.31 bits per heavy atom. The quantitative estimate of drug-likeness (QED) is 0.691. The molecule has 4 nitrogen and oxygen atoms in total. The molecule has 0 bridgehead atoms. The van der Waals surface area contributed by atoms with E-state index >= 15 is 0 Å². The molecule has 92 valence electrons. The number of hydrogen-bond acceptors (Lipinski definition) is 3. The minimum Gasteiger partial charge on any atom is -0.377 e. The van der Waals surface area contributed by atoms with Gasteiger partial charge < -0.3 is 14.6 Å². The Labute approximate surface area is 98.0 Å². The summed E-state index contributed by atoms with van der Waals surface area (Å²) in [6, 6.07) is 0. The first-order chi connectivity index (χ1) is 7.74. The Hall–Kier alpha value is -1.03. The minimum absolute atomic E-state index is 0.293. The monoisotopic (exact) mass is 225 g/mol. The maximum Gasteiger partial charge on any atom is 0.202 e. The second-order valence-corrected chi connectivity index (χ2v) is 4.14. The van der Waals surface area contributed by atoms with E-state index in [2.05, 4.69) is 21.8 Å². The number of aryl methyl sites for hydroxylation is 1. The van der Waals surface area contributed by atoms with Gasteiger partial charge in [0.25, 0.3) is 0 Å². The fourth-order valence-electron chi connectivity index (χ4n) is 1.44. The maximum atomic E-state index is 5.46. The van der Waals surface area contributed by atoms with Gasteiger partial charge in [0.05, 0.1) is 12.7 Å². The molecule has 0 aliphatic heterocycles. The molecule has 16 heavy (non-hydrogen) atoms. The van der Waals surface area contributed by atoms with Gasteiger partial charge in [0.2, 0.25) is 5.95 Å². The molecule has 0 aromatic carbocycles. The van der Waals surface area contributed by atoms with Crippen LogP contribution in [0.1, 0.15) is 33.6 Å². The summed E-state index contributed by atoms with van der Waals surface area (Å²) in [6.07, 6.45) is 6.53. The molecule has 1 aromatic heterocycles. The van der Waals surface area contributed by atoms with Gasteiger partial charge in [0, 0.05) is 25.5 Å². The molecule has 0 fully saturated rings. The number of unbranched alkanes of at least 4 members (excludes halogenated alkanes) is 1. The molecule has 0 saturated carbocycles. The van der Waals surface area contributed by atoms with E-state index in [0.717, 1.165) is 25.6 Å². The molecule has 0 aliphatic carbocycles. The number of imidazole rings is 1. The first-order valence-corrected chi connectivity index (χ1v) is 6.10. The van der Waals surface area contributed by atoms with E-state index in [1.165, 1.54) is 12.8 Å². The molecular formula is C12H23N3O. The van der Waals surface area contributed by atoms with Gasteiger partial charge in [0.1, 0.15) is 0 Å². The second-order valence-electron chi connectivity index (χ2n) is 4.14. The molecule has 1 rings (SSSR count). The summed E-state index contributed by atoms with van der Waals surface area (Å²) < 4.78 is 7.61. The zero-order chi connectivity index (χ0) is 11.8. The Morgan fingerprint density at radius 3 is 3.00 bits per heavy atom. The van der Waals surface area contributed by atoms with Crippen molar-refractivity contribution in [2.75, 3.05) is 18.5 Å². The zero-order valence-corrected chi connectivity index (χ0v) is 10.6. The van der Waals surface area contributed by atoms with E-state index in [0.29, 0.717) is 6.10 Å². The van der Waals surface area contributed by atoms with Crippen LogP contribution in [-0.4, -0.2) is 28.8 Å². The lowest BCUT2D eigenvalue weighted by atomic mass is 10.3. The lowest BCUT2D eigenvalue weighted by Crippen LogP contribution is -2.15. The molecular weight excluding hydrogens is 202 g/mol. The van der Waals surface area contributed by atoms with Crippen molar-refractivity contribution in [1.29, 1.82) is 0 Å². The lowest BCUT2D eigenvalue weighted by molar-refractivity contribution is 0.0869. The summed E-state index contributed by atoms with van der Waals surface area (Å²) in [6.45, 7) is 8.84. The minimum atomic E-state index is 0.293. The standard InChI is InChI=1S/C12H23N3O/c1-4-5-8-15-9-6-13-12(15)14-7-10-16-11(2)3/h6,9,11H,4-5,7-8,10H2,1-3H3,(H,13,14). The summed E-state index contributed by atoms with van der Waals surface area (Å²) in [5.41, 5.74) is 0. The van der Waals surface area contributed by atoms with E-state index < -0.39 is 0 Å². The van der Waals surface area contributed by atoms with E-state index in [1.807, 2.05) is 26.2 Å². The van der Waals surface area contributed by atoms with Crippen LogP contribution in [0, 0.1) is 0 Å². The highest BCUT2D eigenvalue weighted by molar-refractivity contribution is 5.25. The number of rotatable bonds is 8. The summed E-state index contributed by atoms with van der Waals surface area (Å²) in [7, 11) is 0. The van der Waals surface area contributed by atoms with Crippen LogP contribution in [0.3, 0.4) is 0 Å². The van der Waals surface area contributed by atoms with Crippen molar-refractivity contribution >= 4 is 5.95 Å². The molecule has 0 atom stereocenters. The normalized spacial score (nSPS) is 11.0. The smallest absolute Gasteiger partial charge is 0.202 e. The van der Waals surface area contributed by atoms with Crippen molar-refractivity contribution in [3.8, 4) is 0 Å². The highest BCUT2D eigenvalue weighted by Crippen LogP contribution is 2.05. The third kappa shape index (κ3) is 4.66. The molecule has 4 heteroatoms. The summed E-state index contributed by atoms with van der Waals surface area (Å²) in [5, 5.41) is 3.28. The summed E-state index contributed by atoms with van der Waals surface area (Å²) in [4.78, 5) is 4.28. The molecule has 1 N–H and O–H groups in total. The Balaban J connectivity index is 2.27. The van der Waals surface area contributed by atoms with E-state index in [1.54, 1.807) is 0 Å². The van der Waals surface area contributed by atoms with Crippen molar-refractivity contribution in [2.24, 2.45) is 0 Å². The van der Waals surface area contributed by atoms with Gasteiger partial charge in [0.15, 0.2) is 0 Å². The van der Waals surface area contributed by atoms with Gasteiger partial charge in [-0.05, 0) is 20.3 Å². The van der Waals surface area contributed by atoms with Gasteiger partial charge in [-0.3, -0.25) is 0 Å². The van der Waals surface area contributed by atoms with Crippen LogP contribution in [0.2, 0.25) is 0 Å². The number of nitrogens with one attached hydrogen (secondary N) is 1. The van der Waals surface area contributed by atoms with Crippen molar-refractivity contribution in [1.82, 2.24) is 9.55 Å². The summed E-state index contributed by atoms with van der Waals surface area (Å²) >= 11 is 0. The molecule has 0 aliphatic rings. The maximum absolute atomic E-state index is 5.46. The van der Waals surface area contributed by atoms with E-state index in [-0.39, 0.29) is 0 Å². The van der Waals surface area contributed by atoms with Gasteiger partial charge >= 0.3 is 0 Å². The molecule has 0 unspecified atom stereocenters. The van der Waals surface area contributed by atoms with Gasteiger partial charge in [-0.2, -0.15) is 0 Å². The lowest BCUT2D eigenvalue weighted by Gasteiger charge is -2.10. The zero-order valence-electron chi connectivity index (χ0n) is 10.6. The van der Waals surface area contributed by atoms with Crippen LogP contribution in [0.25, 0.3) is 0 Å². The average Bonchev–Trinajstić information content (AvgIpc) is 2.69. The summed E-state index contributed by atoms with van der Waals surface area (Å²) in [5.74, 6) is 0.945. The highest BCUT2D eigenvalue weighted by Gasteiger charge is 2.01. The number of anilines is 1. The topological polar surface area (TPSA) is 39.1 Å². The first kappa shape index (κ1) is 13.0. The van der Waals surface area contributed by atoms with Crippen LogP contribution >= 0.6 is 0 Å². The number of nitrogens with zero attached hydrogens (tertiary/aromatic N) is 2. The molecule has 0 spiro atoms. The SMILES string of the molecule is CCCCn1ccnc1NCCOC(C)C. The van der Waals surface area contributed by atoms with Crippen LogP contribution in [-0.2, 0) is 11.3 Å². The van der Waals surface area contributed by atoms with Crippen molar-refractivity contribution < 1.29 is 4.74 Å². The molecule has 1 aromatic rings. The molecule has 0 amide bonds. The Morgan fingerprint density at radius 1 is 1.50 bits per heavy atom. The molecule has 0 saturated heterocycles. The molecule has 0 radical (unpaired) electrons. The first-order valence-electron chi connectivity index (χ1n) is 6.10. The van der Waals surface area contributed by atoms with E-state index in [4.69, 9.17) is 4.74 Å². The third-order valence-corrected chi connectivity index (χ3v) is 2.30. The number of ether oxygens (including phenoxy) is 1. The van der Waals surface area contributed by atoms with Gasteiger partial charge in [-0.25, -0.2) is 4.98 Å². The van der Waals surface area contributed by atoms with Crippen molar-refractivity contribution in [3.05, 3.63) is 12.4 Å². The van der Waals surface area contributed by atoms with Crippen LogP contribution in [0.4, 0.5) is 5.95 Å². The van der Waals surface area contributed by atoms with Gasteiger partial charge in [-0.15, -0.1) is 0 Å². The molecule has 1 heterocycles. The average molecular weight is 225 g/mol. The number of aromatic nitrogens is 2. The van der Waals surface area contributed by atoms with E-state index in [9.17, 15) is 0 Å². The number of hydrogen-bond donors (Lipinski definition) is 1. The predicted octanol–water partition coefficient (Wildman–Crippen LogP) is 2.52. The fourth-order valence-corrected chi connectivity index (χ4v) is 1.44. The highest BCUT2D eigenvalue weighted by atomic mass is 16.5. The van der Waals surface area contributed by atoms with Crippen LogP contribution in [0.5, 0.6) is 0 Å².